The van der Waals surface area contributed by atoms with Crippen molar-refractivity contribution in [2.45, 2.75) is 192 Å². The number of thioether (sulfide) groups is 2. The first-order valence-corrected chi connectivity index (χ1v) is 39.5. The lowest BCUT2D eigenvalue weighted by atomic mass is 9.87. The summed E-state index contributed by atoms with van der Waals surface area (Å²) >= 11 is 23.4. The van der Waals surface area contributed by atoms with E-state index in [2.05, 4.69) is 53.6 Å². The van der Waals surface area contributed by atoms with Crippen LogP contribution in [-0.4, -0.2) is 159 Å². The van der Waals surface area contributed by atoms with Crippen molar-refractivity contribution in [3.05, 3.63) is 178 Å². The quantitative estimate of drug-likeness (QED) is 0.0492. The largest absolute Gasteiger partial charge is 0.497 e. The molecule has 6 amide bonds. The summed E-state index contributed by atoms with van der Waals surface area (Å²) in [6.45, 7) is 44.1. The number of carbonyl (C=O) groups is 6. The average molecular weight is 1620 g/mol. The number of hydrogen-bond donors (Lipinski definition) is 4. The number of benzene rings is 4. The van der Waals surface area contributed by atoms with Crippen LogP contribution in [-0.2, 0) is 53.4 Å². The minimum absolute atomic E-state index is 0.0417. The molecule has 4 N–H and O–H groups in total. The van der Waals surface area contributed by atoms with Crippen molar-refractivity contribution in [1.29, 1.82) is 0 Å². The van der Waals surface area contributed by atoms with Crippen molar-refractivity contribution in [3.8, 4) is 23.0 Å². The number of methoxy groups -OCH3 is 4. The van der Waals surface area contributed by atoms with E-state index in [0.717, 1.165) is 78.2 Å². The molecule has 6 heterocycles. The Morgan fingerprint density at radius 1 is 0.491 bits per heavy atom. The smallest absolute Gasteiger partial charge is 0.278 e. The van der Waals surface area contributed by atoms with Crippen molar-refractivity contribution >= 4 is 139 Å². The summed E-state index contributed by atoms with van der Waals surface area (Å²) in [5.74, 6) is 4.96. The van der Waals surface area contributed by atoms with E-state index in [1.807, 2.05) is 220 Å². The minimum atomic E-state index is -0.362. The number of allylic oxidation sites excluding steroid dienone is 4. The fraction of sp³-hybridized carbons (Fsp3) is 0.439. The van der Waals surface area contributed by atoms with Gasteiger partial charge in [-0.2, -0.15) is 0 Å². The van der Waals surface area contributed by atoms with Gasteiger partial charge in [0, 0.05) is 34.7 Å². The third-order valence-corrected chi connectivity index (χ3v) is 20.2. The van der Waals surface area contributed by atoms with E-state index in [9.17, 15) is 28.8 Å². The maximum absolute atomic E-state index is 13.1. The maximum Gasteiger partial charge on any atom is 0.278 e. The zero-order valence-corrected chi connectivity index (χ0v) is 73.0. The zero-order chi connectivity index (χ0) is 82.7. The van der Waals surface area contributed by atoms with E-state index in [1.165, 1.54) is 4.90 Å². The molecule has 6 aliphatic heterocycles. The van der Waals surface area contributed by atoms with E-state index in [4.69, 9.17) is 72.8 Å². The molecule has 2 atom stereocenters. The molecule has 4 fully saturated rings. The van der Waals surface area contributed by atoms with E-state index in [0.29, 0.717) is 62.9 Å². The first-order valence-electron chi connectivity index (χ1n) is 35.8. The number of hydrogen-bond acceptors (Lipinski definition) is 18. The number of carbonyl (C=O) groups excluding carboxylic acids is 6. The van der Waals surface area contributed by atoms with Crippen LogP contribution in [0.4, 0.5) is 0 Å². The highest BCUT2D eigenvalue weighted by Crippen LogP contribution is 2.35. The van der Waals surface area contributed by atoms with Gasteiger partial charge in [-0.15, -0.1) is 6.58 Å². The number of ether oxygens (including phenoxy) is 4. The highest BCUT2D eigenvalue weighted by atomic mass is 32.2. The van der Waals surface area contributed by atoms with Gasteiger partial charge in [0.2, 0.25) is 0 Å². The Hall–Kier alpha value is -8.80. The van der Waals surface area contributed by atoms with E-state index >= 15 is 0 Å². The second-order valence-corrected chi connectivity index (χ2v) is 34.1. The van der Waals surface area contributed by atoms with Gasteiger partial charge >= 0.3 is 0 Å². The van der Waals surface area contributed by atoms with E-state index in [-0.39, 0.29) is 75.5 Å². The standard InChI is InChI=1S/C23H28N2O3S.C22H24N2O3S.C10H18N2OS.2C9H14N2OS.C9H12N2OS/c1-23(2,3)20-21(26)25(14-16-6-10-18(27-4)11-7-16)22(24-20)29-15-17-8-12-19(28-5)13-9-17;1-15(2)20-21(25)24(13-16-5-9-18(26-3)10-6-16)22(23-20)28-14-17-7-11-19(27-4)12-8-17;1-6(2)7-8(13)12(9(14)11-7)10(3,4)5;2*1-5-6-7(12)11(8(13)10-6)9(2,3)4;1-4-5-11-8(12)7(6(2)3)10-9(11)13/h6-13,20H,14-15H2,1-5H3;5-12H,13-14H2,1-4H3;6-7H,1-5H3,(H,11,14);2*5H,1-4H3,(H,10,13);4H,1,5H2,2-3H3,(H,10,13)/b;;;2*6-5-;. The van der Waals surface area contributed by atoms with Crippen LogP contribution in [0, 0.1) is 11.3 Å². The molecule has 0 bridgehead atoms. The Bertz CT molecular complexity index is 4170. The predicted molar refractivity (Wildman–Crippen MR) is 461 cm³/mol. The summed E-state index contributed by atoms with van der Waals surface area (Å²) in [4.78, 5) is 92.4. The van der Waals surface area contributed by atoms with Crippen LogP contribution in [0.2, 0.25) is 0 Å². The molecule has 594 valence electrons. The normalized spacial score (nSPS) is 17.8. The van der Waals surface area contributed by atoms with Gasteiger partial charge in [-0.25, -0.2) is 9.98 Å². The van der Waals surface area contributed by atoms with Crippen LogP contribution < -0.4 is 40.2 Å². The summed E-state index contributed by atoms with van der Waals surface area (Å²) in [5, 5.41) is 15.2. The van der Waals surface area contributed by atoms with Gasteiger partial charge in [0.1, 0.15) is 57.9 Å². The van der Waals surface area contributed by atoms with E-state index < -0.39 is 0 Å². The van der Waals surface area contributed by atoms with Gasteiger partial charge in [-0.3, -0.25) is 58.2 Å². The Balaban J connectivity index is 0.000000246. The third kappa shape index (κ3) is 24.9. The van der Waals surface area contributed by atoms with Crippen molar-refractivity contribution in [3.63, 3.8) is 0 Å². The summed E-state index contributed by atoms with van der Waals surface area (Å²) in [5.41, 5.74) is 7.54. The van der Waals surface area contributed by atoms with Gasteiger partial charge in [0.15, 0.2) is 30.8 Å². The molecule has 4 aromatic carbocycles. The number of nitrogens with zero attached hydrogens (tertiary/aromatic N) is 8. The second kappa shape index (κ2) is 40.4. The highest BCUT2D eigenvalue weighted by Gasteiger charge is 2.44. The van der Waals surface area contributed by atoms with Gasteiger partial charge in [-0.1, -0.05) is 125 Å². The molecule has 2 unspecified atom stereocenters. The average Bonchev–Trinajstić information content (AvgIpc) is 1.64. The Morgan fingerprint density at radius 2 is 0.873 bits per heavy atom. The molecular weight excluding hydrogens is 1510 g/mol. The van der Waals surface area contributed by atoms with Crippen LogP contribution in [0.25, 0.3) is 0 Å². The van der Waals surface area contributed by atoms with Crippen molar-refractivity contribution in [1.82, 2.24) is 50.7 Å². The molecule has 10 rings (SSSR count). The first kappa shape index (κ1) is 91.8. The molecule has 0 spiro atoms. The Morgan fingerprint density at radius 3 is 1.16 bits per heavy atom. The summed E-state index contributed by atoms with van der Waals surface area (Å²) in [6, 6.07) is 30.9. The summed E-state index contributed by atoms with van der Waals surface area (Å²) in [6.07, 6.45) is 5.13. The second-order valence-electron chi connectivity index (χ2n) is 30.6. The van der Waals surface area contributed by atoms with Crippen LogP contribution >= 0.6 is 72.4 Å². The van der Waals surface area contributed by atoms with Crippen LogP contribution in [0.3, 0.4) is 0 Å². The molecule has 0 aliphatic carbocycles. The molecular formula is C82H110N12O10S6. The van der Waals surface area contributed by atoms with Gasteiger partial charge in [0.05, 0.1) is 41.5 Å². The highest BCUT2D eigenvalue weighted by molar-refractivity contribution is 8.13. The molecule has 4 aromatic rings. The van der Waals surface area contributed by atoms with Gasteiger partial charge < -0.3 is 40.2 Å². The molecule has 0 radical (unpaired) electrons. The van der Waals surface area contributed by atoms with Gasteiger partial charge in [0.25, 0.3) is 35.4 Å². The van der Waals surface area contributed by atoms with Crippen molar-refractivity contribution < 1.29 is 47.7 Å². The summed E-state index contributed by atoms with van der Waals surface area (Å²) < 4.78 is 20.9. The molecule has 0 saturated carbocycles. The third-order valence-electron chi connectivity index (χ3n) is 16.9. The van der Waals surface area contributed by atoms with E-state index in [1.54, 1.807) is 89.8 Å². The molecule has 110 heavy (non-hydrogen) atoms. The SMILES string of the molecule is C/C=C1\NC(=S)N(C(C)(C)C)C1=O.C/C=C1\NC(=S)N(C(C)(C)C)C1=O.C=CCN1C(=O)C(=C(C)C)NC1=S.CC(C)C1NC(=S)N(C(C)(C)C)C1=O.COc1ccc(CSC2=NC(=C(C)C)C(=O)N2Cc2ccc(OC)cc2)cc1.COc1ccc(CSC2=NC(C(C)(C)C)C(=O)N2Cc2ccc(OC)cc2)cc1. The first-order chi connectivity index (χ1) is 51.4. The van der Waals surface area contributed by atoms with Crippen LogP contribution in [0.1, 0.15) is 161 Å². The molecule has 28 heteroatoms. The zero-order valence-electron chi connectivity index (χ0n) is 68.1. The number of thiocarbonyl (C=S) groups is 4. The molecule has 4 saturated heterocycles. The minimum Gasteiger partial charge on any atom is -0.497 e. The van der Waals surface area contributed by atoms with Crippen LogP contribution in [0.15, 0.2) is 166 Å². The fourth-order valence-corrected chi connectivity index (χ4v) is 14.6. The Labute approximate surface area is 681 Å². The maximum atomic E-state index is 13.1. The number of amidine groups is 2. The predicted octanol–water partition coefficient (Wildman–Crippen LogP) is 14.9. The Kier molecular flexibility index (Phi) is 33.7. The number of rotatable bonds is 15. The lowest BCUT2D eigenvalue weighted by Crippen LogP contribution is -2.46. The lowest BCUT2D eigenvalue weighted by Gasteiger charge is -2.30. The number of nitrogens with one attached hydrogen (secondary N) is 4. The molecule has 22 nitrogen and oxygen atoms in total. The number of aliphatic imine (C=N–C) groups is 2. The monoisotopic (exact) mass is 1610 g/mol. The topological polar surface area (TPSA) is 232 Å². The lowest BCUT2D eigenvalue weighted by molar-refractivity contribution is -0.131. The fourth-order valence-electron chi connectivity index (χ4n) is 11.0. The molecule has 6 aliphatic rings. The number of amides is 6. The molecule has 0 aromatic heterocycles. The van der Waals surface area contributed by atoms with Gasteiger partial charge in [-0.05, 0) is 246 Å². The van der Waals surface area contributed by atoms with Crippen LogP contribution in [0.5, 0.6) is 23.0 Å². The van der Waals surface area contributed by atoms with Crippen molar-refractivity contribution in [2.75, 3.05) is 35.0 Å². The summed E-state index contributed by atoms with van der Waals surface area (Å²) in [7, 11) is 6.60. The van der Waals surface area contributed by atoms with Crippen molar-refractivity contribution in [2.24, 2.45) is 21.3 Å².